The molecule has 3 heterocycles. The fourth-order valence-electron chi connectivity index (χ4n) is 3.30. The number of pyridine rings is 1. The number of carbonyl (C=O) groups excluding carboxylic acids is 2. The molecule has 2 amide bonds. The van der Waals surface area contributed by atoms with Crippen LogP contribution in [0.4, 0.5) is 0 Å². The summed E-state index contributed by atoms with van der Waals surface area (Å²) in [5.41, 5.74) is 7.82. The van der Waals surface area contributed by atoms with Crippen molar-refractivity contribution in [3.05, 3.63) is 59.1 Å². The van der Waals surface area contributed by atoms with Gasteiger partial charge < -0.3 is 4.42 Å². The standard InChI is InChI=1S/C21H21N5O3/c1-11(2)26-19-14(10-22-26)9-16(13(4)23-19)20(27)24-25-21(28)18-12(3)15-7-5-6-8-17(15)29-18/h5-11H,1-4H3,(H,24,27)(H,25,28). The number of para-hydroxylation sites is 1. The normalized spacial score (nSPS) is 11.3. The molecule has 0 bridgehead atoms. The van der Waals surface area contributed by atoms with Crippen LogP contribution in [-0.2, 0) is 0 Å². The van der Waals surface area contributed by atoms with Crippen LogP contribution in [0.25, 0.3) is 22.0 Å². The van der Waals surface area contributed by atoms with E-state index in [2.05, 4.69) is 20.9 Å². The molecule has 0 aliphatic rings. The van der Waals surface area contributed by atoms with Gasteiger partial charge in [0, 0.05) is 22.4 Å². The van der Waals surface area contributed by atoms with E-state index in [4.69, 9.17) is 4.42 Å². The first-order chi connectivity index (χ1) is 13.9. The fraction of sp³-hybridized carbons (Fsp3) is 0.238. The lowest BCUT2D eigenvalue weighted by atomic mass is 10.1. The predicted molar refractivity (Wildman–Crippen MR) is 109 cm³/mol. The molecule has 4 rings (SSSR count). The van der Waals surface area contributed by atoms with E-state index in [1.54, 1.807) is 36.9 Å². The van der Waals surface area contributed by atoms with Crippen LogP contribution < -0.4 is 10.9 Å². The Labute approximate surface area is 166 Å². The van der Waals surface area contributed by atoms with Crippen molar-refractivity contribution in [2.24, 2.45) is 0 Å². The molecular weight excluding hydrogens is 370 g/mol. The fourth-order valence-corrected chi connectivity index (χ4v) is 3.30. The topological polar surface area (TPSA) is 102 Å². The zero-order valence-electron chi connectivity index (χ0n) is 16.6. The Hall–Kier alpha value is -3.68. The van der Waals surface area contributed by atoms with E-state index < -0.39 is 11.8 Å². The molecule has 0 unspecified atom stereocenters. The number of rotatable bonds is 3. The number of furan rings is 1. The summed E-state index contributed by atoms with van der Waals surface area (Å²) in [6, 6.07) is 9.26. The first kappa shape index (κ1) is 18.7. The SMILES string of the molecule is Cc1nc2c(cnn2C(C)C)cc1C(=O)NNC(=O)c1oc2ccccc2c1C. The van der Waals surface area contributed by atoms with Crippen LogP contribution in [0.15, 0.2) is 40.9 Å². The summed E-state index contributed by atoms with van der Waals surface area (Å²) >= 11 is 0. The highest BCUT2D eigenvalue weighted by molar-refractivity contribution is 6.02. The molecule has 0 aliphatic carbocycles. The zero-order valence-corrected chi connectivity index (χ0v) is 16.6. The lowest BCUT2D eigenvalue weighted by Crippen LogP contribution is -2.42. The van der Waals surface area contributed by atoms with Crippen molar-refractivity contribution in [2.75, 3.05) is 0 Å². The highest BCUT2D eigenvalue weighted by atomic mass is 16.3. The molecule has 0 aliphatic heterocycles. The number of amides is 2. The summed E-state index contributed by atoms with van der Waals surface area (Å²) in [5, 5.41) is 5.94. The summed E-state index contributed by atoms with van der Waals surface area (Å²) in [6.07, 6.45) is 1.68. The van der Waals surface area contributed by atoms with Crippen LogP contribution in [0.2, 0.25) is 0 Å². The van der Waals surface area contributed by atoms with Crippen LogP contribution in [0, 0.1) is 13.8 Å². The largest absolute Gasteiger partial charge is 0.451 e. The van der Waals surface area contributed by atoms with E-state index in [1.807, 2.05) is 32.0 Å². The van der Waals surface area contributed by atoms with Gasteiger partial charge in [-0.2, -0.15) is 5.10 Å². The third-order valence-corrected chi connectivity index (χ3v) is 4.83. The van der Waals surface area contributed by atoms with E-state index in [-0.39, 0.29) is 11.8 Å². The van der Waals surface area contributed by atoms with Crippen molar-refractivity contribution < 1.29 is 14.0 Å². The Kier molecular flexibility index (Phi) is 4.54. The summed E-state index contributed by atoms with van der Waals surface area (Å²) in [7, 11) is 0. The van der Waals surface area contributed by atoms with Crippen LogP contribution in [-0.4, -0.2) is 26.6 Å². The molecule has 8 heteroatoms. The molecule has 0 saturated heterocycles. The molecule has 3 aromatic heterocycles. The van der Waals surface area contributed by atoms with Crippen molar-refractivity contribution >= 4 is 33.8 Å². The molecular formula is C21H21N5O3. The maximum Gasteiger partial charge on any atom is 0.305 e. The van der Waals surface area contributed by atoms with Gasteiger partial charge >= 0.3 is 5.91 Å². The van der Waals surface area contributed by atoms with Crippen LogP contribution in [0.3, 0.4) is 0 Å². The highest BCUT2D eigenvalue weighted by Gasteiger charge is 2.19. The number of hydrogen-bond acceptors (Lipinski definition) is 5. The van der Waals surface area contributed by atoms with Gasteiger partial charge in [0.1, 0.15) is 5.58 Å². The molecule has 0 atom stereocenters. The van der Waals surface area contributed by atoms with Crippen molar-refractivity contribution in [3.8, 4) is 0 Å². The summed E-state index contributed by atoms with van der Waals surface area (Å²) in [5.74, 6) is -0.822. The number of benzene rings is 1. The molecule has 2 N–H and O–H groups in total. The quantitative estimate of drug-likeness (QED) is 0.521. The van der Waals surface area contributed by atoms with Crippen LogP contribution in [0.1, 0.15) is 52.1 Å². The van der Waals surface area contributed by atoms with Gasteiger partial charge in [0.2, 0.25) is 0 Å². The van der Waals surface area contributed by atoms with Crippen molar-refractivity contribution in [3.63, 3.8) is 0 Å². The minimum Gasteiger partial charge on any atom is -0.451 e. The monoisotopic (exact) mass is 391 g/mol. The third-order valence-electron chi connectivity index (χ3n) is 4.83. The average Bonchev–Trinajstić information content (AvgIpc) is 3.26. The van der Waals surface area contributed by atoms with Crippen molar-refractivity contribution in [1.82, 2.24) is 25.6 Å². The smallest absolute Gasteiger partial charge is 0.305 e. The Morgan fingerprint density at radius 2 is 1.83 bits per heavy atom. The summed E-state index contributed by atoms with van der Waals surface area (Å²) < 4.78 is 7.42. The minimum atomic E-state index is -0.522. The van der Waals surface area contributed by atoms with Gasteiger partial charge in [0.15, 0.2) is 11.4 Å². The summed E-state index contributed by atoms with van der Waals surface area (Å²) in [4.78, 5) is 29.6. The molecule has 148 valence electrons. The molecule has 0 spiro atoms. The Morgan fingerprint density at radius 3 is 2.55 bits per heavy atom. The lowest BCUT2D eigenvalue weighted by Gasteiger charge is -2.10. The van der Waals surface area contributed by atoms with E-state index in [1.165, 1.54) is 0 Å². The number of carbonyl (C=O) groups is 2. The molecule has 29 heavy (non-hydrogen) atoms. The zero-order chi connectivity index (χ0) is 20.7. The van der Waals surface area contributed by atoms with Gasteiger partial charge in [-0.15, -0.1) is 0 Å². The van der Waals surface area contributed by atoms with Gasteiger partial charge in [-0.25, -0.2) is 9.67 Å². The Bertz CT molecular complexity index is 1250. The molecule has 4 aromatic rings. The number of fused-ring (bicyclic) bond motifs is 2. The van der Waals surface area contributed by atoms with E-state index in [9.17, 15) is 9.59 Å². The van der Waals surface area contributed by atoms with Gasteiger partial charge in [-0.1, -0.05) is 18.2 Å². The van der Waals surface area contributed by atoms with E-state index in [0.717, 1.165) is 16.4 Å². The number of hydrogen-bond donors (Lipinski definition) is 2. The maximum absolute atomic E-state index is 12.6. The Morgan fingerprint density at radius 1 is 1.10 bits per heavy atom. The van der Waals surface area contributed by atoms with Crippen molar-refractivity contribution in [1.29, 1.82) is 0 Å². The first-order valence-corrected chi connectivity index (χ1v) is 9.30. The summed E-state index contributed by atoms with van der Waals surface area (Å²) in [6.45, 7) is 7.58. The number of hydrazine groups is 1. The van der Waals surface area contributed by atoms with Gasteiger partial charge in [-0.05, 0) is 39.8 Å². The highest BCUT2D eigenvalue weighted by Crippen LogP contribution is 2.24. The van der Waals surface area contributed by atoms with E-state index in [0.29, 0.717) is 22.4 Å². The van der Waals surface area contributed by atoms with Crippen LogP contribution in [0.5, 0.6) is 0 Å². The van der Waals surface area contributed by atoms with Gasteiger partial charge in [0.05, 0.1) is 17.5 Å². The second kappa shape index (κ2) is 7.05. The predicted octanol–water partition coefficient (Wildman–Crippen LogP) is 3.45. The lowest BCUT2D eigenvalue weighted by molar-refractivity contribution is 0.0831. The number of aryl methyl sites for hydroxylation is 2. The Balaban J connectivity index is 1.54. The second-order valence-corrected chi connectivity index (χ2v) is 7.18. The van der Waals surface area contributed by atoms with E-state index >= 15 is 0 Å². The second-order valence-electron chi connectivity index (χ2n) is 7.18. The first-order valence-electron chi connectivity index (χ1n) is 9.30. The molecule has 0 saturated carbocycles. The number of nitrogens with one attached hydrogen (secondary N) is 2. The molecule has 1 aromatic carbocycles. The molecule has 0 radical (unpaired) electrons. The molecule has 0 fully saturated rings. The number of aromatic nitrogens is 3. The average molecular weight is 391 g/mol. The maximum atomic E-state index is 12.6. The third kappa shape index (κ3) is 3.22. The molecule has 8 nitrogen and oxygen atoms in total. The van der Waals surface area contributed by atoms with Crippen LogP contribution >= 0.6 is 0 Å². The minimum absolute atomic E-state index is 0.158. The number of nitrogens with zero attached hydrogens (tertiary/aromatic N) is 3. The van der Waals surface area contributed by atoms with Crippen molar-refractivity contribution in [2.45, 2.75) is 33.7 Å². The van der Waals surface area contributed by atoms with Gasteiger partial charge in [-0.3, -0.25) is 20.4 Å². The van der Waals surface area contributed by atoms with Gasteiger partial charge in [0.25, 0.3) is 5.91 Å².